The van der Waals surface area contributed by atoms with Crippen molar-refractivity contribution in [3.05, 3.63) is 96.2 Å². The summed E-state index contributed by atoms with van der Waals surface area (Å²) in [5, 5.41) is 18.6. The number of pyridine rings is 1. The highest BCUT2D eigenvalue weighted by Gasteiger charge is 2.54. The lowest BCUT2D eigenvalue weighted by atomic mass is 9.70. The number of methoxy groups -OCH3 is 1. The van der Waals surface area contributed by atoms with Crippen molar-refractivity contribution in [1.29, 1.82) is 0 Å². The summed E-state index contributed by atoms with van der Waals surface area (Å²) >= 11 is 0. The van der Waals surface area contributed by atoms with E-state index in [1.807, 2.05) is 30.5 Å². The molecule has 0 aliphatic carbocycles. The summed E-state index contributed by atoms with van der Waals surface area (Å²) in [6, 6.07) is 28.2. The molecule has 4 aromatic carbocycles. The Bertz CT molecular complexity index is 1630. The molecule has 3 saturated heterocycles. The van der Waals surface area contributed by atoms with E-state index in [0.717, 1.165) is 52.8 Å². The normalized spacial score (nSPS) is 25.4. The van der Waals surface area contributed by atoms with Gasteiger partial charge in [-0.05, 0) is 69.8 Å². The monoisotopic (exact) mass is 517 g/mol. The van der Waals surface area contributed by atoms with E-state index >= 15 is 0 Å². The van der Waals surface area contributed by atoms with Gasteiger partial charge < -0.3 is 14.3 Å². The lowest BCUT2D eigenvalue weighted by Crippen LogP contribution is -2.67. The lowest BCUT2D eigenvalue weighted by Gasteiger charge is -2.58. The van der Waals surface area contributed by atoms with Crippen LogP contribution in [0.25, 0.3) is 32.4 Å². The second-order valence-corrected chi connectivity index (χ2v) is 11.8. The summed E-state index contributed by atoms with van der Waals surface area (Å²) in [5.74, 6) is 2.19. The fourth-order valence-electron chi connectivity index (χ4n) is 8.00. The van der Waals surface area contributed by atoms with Gasteiger partial charge in [0.25, 0.3) is 0 Å². The highest BCUT2D eigenvalue weighted by molar-refractivity contribution is 6.02. The molecule has 0 saturated carbocycles. The van der Waals surface area contributed by atoms with Crippen molar-refractivity contribution in [2.45, 2.75) is 44.9 Å². The Balaban J connectivity index is 1.38. The van der Waals surface area contributed by atoms with Crippen molar-refractivity contribution in [2.24, 2.45) is 11.8 Å². The molecular formula is C35H37N2O2+. The van der Waals surface area contributed by atoms with Crippen molar-refractivity contribution in [2.75, 3.05) is 20.2 Å². The van der Waals surface area contributed by atoms with Crippen LogP contribution in [0.1, 0.15) is 43.4 Å². The molecule has 4 heteroatoms. The molecular weight excluding hydrogens is 480 g/mol. The Morgan fingerprint density at radius 1 is 0.949 bits per heavy atom. The molecule has 5 aromatic rings. The maximum atomic E-state index is 12.3. The van der Waals surface area contributed by atoms with Crippen LogP contribution in [0.2, 0.25) is 0 Å². The maximum absolute atomic E-state index is 12.3. The standard InChI is InChI=1S/C35H37N2O2/c1-3-23-21-37(22-32-28-10-6-4-8-25(28)18-26-9-5-7-11-29(26)32)17-15-24(23)19-34(37)35(38)30-14-16-36-33-13-12-27(39-2)20-31(30)33/h4-14,16,18,20,23-24,34-35,38H,3,15,17,19,21-22H2,1-2H3/q+1/t23?,24?,34-,35+,37?/m0/s1. The van der Waals surface area contributed by atoms with Crippen LogP contribution in [0.4, 0.5) is 0 Å². The Labute approximate surface area is 230 Å². The molecule has 3 aliphatic heterocycles. The molecule has 4 nitrogen and oxygen atoms in total. The van der Waals surface area contributed by atoms with E-state index in [-0.39, 0.29) is 6.04 Å². The number of ether oxygens (including phenoxy) is 1. The third kappa shape index (κ3) is 4.00. The van der Waals surface area contributed by atoms with E-state index < -0.39 is 6.10 Å². The van der Waals surface area contributed by atoms with E-state index in [0.29, 0.717) is 11.8 Å². The Morgan fingerprint density at radius 2 is 1.69 bits per heavy atom. The van der Waals surface area contributed by atoms with E-state index in [9.17, 15) is 5.11 Å². The van der Waals surface area contributed by atoms with Crippen molar-refractivity contribution < 1.29 is 14.3 Å². The third-order valence-electron chi connectivity index (χ3n) is 10.0. The molecule has 39 heavy (non-hydrogen) atoms. The number of benzene rings is 4. The number of nitrogens with zero attached hydrogens (tertiary/aromatic N) is 2. The van der Waals surface area contributed by atoms with Gasteiger partial charge in [0.2, 0.25) is 0 Å². The van der Waals surface area contributed by atoms with Gasteiger partial charge in [-0.15, -0.1) is 0 Å². The minimum absolute atomic E-state index is 0.140. The zero-order valence-corrected chi connectivity index (χ0v) is 22.9. The Morgan fingerprint density at radius 3 is 2.41 bits per heavy atom. The van der Waals surface area contributed by atoms with E-state index in [1.165, 1.54) is 39.9 Å². The lowest BCUT2D eigenvalue weighted by molar-refractivity contribution is -0.985. The molecule has 198 valence electrons. The first-order valence-electron chi connectivity index (χ1n) is 14.5. The zero-order chi connectivity index (χ0) is 26.6. The third-order valence-corrected chi connectivity index (χ3v) is 10.0. The number of hydrogen-bond acceptors (Lipinski definition) is 3. The molecule has 4 heterocycles. The van der Waals surface area contributed by atoms with E-state index in [1.54, 1.807) is 7.11 Å². The van der Waals surface area contributed by atoms with Crippen LogP contribution < -0.4 is 4.74 Å². The molecule has 2 bridgehead atoms. The molecule has 3 aliphatic rings. The van der Waals surface area contributed by atoms with Crippen LogP contribution in [-0.2, 0) is 6.54 Å². The summed E-state index contributed by atoms with van der Waals surface area (Å²) < 4.78 is 6.49. The Hall–Kier alpha value is -3.47. The SMILES string of the molecule is CCC1C[N+]2(Cc3c4ccccc4cc4ccccc34)CCC1C[C@H]2[C@H](O)c1ccnc2ccc(OC)cc12. The van der Waals surface area contributed by atoms with Gasteiger partial charge in [0, 0.05) is 35.9 Å². The summed E-state index contributed by atoms with van der Waals surface area (Å²) in [7, 11) is 1.69. The summed E-state index contributed by atoms with van der Waals surface area (Å²) in [6.07, 6.45) is 4.80. The molecule has 1 N–H and O–H groups in total. The topological polar surface area (TPSA) is 42.4 Å². The first-order chi connectivity index (χ1) is 19.1. The maximum Gasteiger partial charge on any atom is 0.131 e. The number of hydrogen-bond donors (Lipinski definition) is 1. The van der Waals surface area contributed by atoms with Gasteiger partial charge in [-0.25, -0.2) is 0 Å². The summed E-state index contributed by atoms with van der Waals surface area (Å²) in [4.78, 5) is 4.60. The number of aromatic nitrogens is 1. The second-order valence-electron chi connectivity index (χ2n) is 11.8. The van der Waals surface area contributed by atoms with Crippen LogP contribution in [0.5, 0.6) is 5.75 Å². The smallest absolute Gasteiger partial charge is 0.131 e. The van der Waals surface area contributed by atoms with Crippen LogP contribution >= 0.6 is 0 Å². The van der Waals surface area contributed by atoms with Gasteiger partial charge in [0.15, 0.2) is 0 Å². The van der Waals surface area contributed by atoms with Crippen LogP contribution in [0.3, 0.4) is 0 Å². The highest BCUT2D eigenvalue weighted by atomic mass is 16.5. The fourth-order valence-corrected chi connectivity index (χ4v) is 8.00. The molecule has 0 amide bonds. The molecule has 3 fully saturated rings. The number of rotatable bonds is 6. The van der Waals surface area contributed by atoms with Crippen molar-refractivity contribution >= 4 is 32.4 Å². The molecule has 3 unspecified atom stereocenters. The Kier molecular flexibility index (Phi) is 6.06. The minimum Gasteiger partial charge on any atom is -0.497 e. The van der Waals surface area contributed by atoms with Crippen molar-refractivity contribution in [3.63, 3.8) is 0 Å². The zero-order valence-electron chi connectivity index (χ0n) is 22.9. The first-order valence-corrected chi connectivity index (χ1v) is 14.5. The van der Waals surface area contributed by atoms with Gasteiger partial charge >= 0.3 is 0 Å². The largest absolute Gasteiger partial charge is 0.497 e. The number of quaternary nitrogens is 1. The minimum atomic E-state index is -0.565. The predicted octanol–water partition coefficient (Wildman–Crippen LogP) is 7.42. The van der Waals surface area contributed by atoms with Crippen molar-refractivity contribution in [1.82, 2.24) is 4.98 Å². The number of piperidine rings is 3. The molecule has 0 radical (unpaired) electrons. The fraction of sp³-hybridized carbons (Fsp3) is 0.343. The van der Waals surface area contributed by atoms with Gasteiger partial charge in [0.1, 0.15) is 24.4 Å². The number of fused-ring (bicyclic) bond motifs is 6. The molecule has 5 atom stereocenters. The average Bonchev–Trinajstić information content (AvgIpc) is 3.00. The molecule has 8 rings (SSSR count). The van der Waals surface area contributed by atoms with Gasteiger partial charge in [0.05, 0.1) is 25.7 Å². The van der Waals surface area contributed by atoms with Gasteiger partial charge in [-0.1, -0.05) is 55.5 Å². The van der Waals surface area contributed by atoms with Crippen molar-refractivity contribution in [3.8, 4) is 5.75 Å². The van der Waals surface area contributed by atoms with Crippen LogP contribution in [-0.4, -0.2) is 40.8 Å². The highest BCUT2D eigenvalue weighted by Crippen LogP contribution is 2.49. The molecule has 1 aromatic heterocycles. The summed E-state index contributed by atoms with van der Waals surface area (Å²) in [5.41, 5.74) is 3.31. The summed E-state index contributed by atoms with van der Waals surface area (Å²) in [6.45, 7) is 5.54. The number of aliphatic hydroxyl groups is 1. The number of aliphatic hydroxyl groups excluding tert-OH is 1. The van der Waals surface area contributed by atoms with Gasteiger partial charge in [-0.3, -0.25) is 4.98 Å². The van der Waals surface area contributed by atoms with Crippen LogP contribution in [0, 0.1) is 11.8 Å². The quantitative estimate of drug-likeness (QED) is 0.188. The van der Waals surface area contributed by atoms with E-state index in [2.05, 4.69) is 66.5 Å². The van der Waals surface area contributed by atoms with Gasteiger partial charge in [-0.2, -0.15) is 0 Å². The molecule has 0 spiro atoms. The van der Waals surface area contributed by atoms with Crippen LogP contribution in [0.15, 0.2) is 85.1 Å². The predicted molar refractivity (Wildman–Crippen MR) is 159 cm³/mol. The second kappa shape index (κ2) is 9.62. The average molecular weight is 518 g/mol. The van der Waals surface area contributed by atoms with E-state index in [4.69, 9.17) is 4.74 Å². The first kappa shape index (κ1) is 24.6.